The summed E-state index contributed by atoms with van der Waals surface area (Å²) in [4.78, 5) is 0. The SMILES string of the molecule is COc1ccc(C(OC(c2ccccc2)(c2ccc(OC)cc2)c2ccc(OC)cc2CCBr)(c2ccccc2)c2ccc(OC)cc2CCBr)cc1. The molecule has 7 heteroatoms. The van der Waals surface area contributed by atoms with Crippen LogP contribution in [-0.2, 0) is 28.8 Å². The summed E-state index contributed by atoms with van der Waals surface area (Å²) in [5.41, 5.74) is 5.63. The lowest BCUT2D eigenvalue weighted by atomic mass is 9.73. The molecule has 0 aliphatic carbocycles. The Morgan fingerprint density at radius 3 is 1.04 bits per heavy atom. The molecule has 0 aromatic heterocycles. The van der Waals surface area contributed by atoms with Crippen molar-refractivity contribution in [3.63, 3.8) is 0 Å². The number of methoxy groups -OCH3 is 4. The molecule has 0 heterocycles. The van der Waals surface area contributed by atoms with E-state index in [4.69, 9.17) is 23.7 Å². The smallest absolute Gasteiger partial charge is 0.146 e. The fraction of sp³-hybridized carbons (Fsp3) is 0.217. The van der Waals surface area contributed by atoms with Crippen LogP contribution in [0.4, 0.5) is 0 Å². The molecule has 0 aliphatic rings. The Hall–Kier alpha value is -4.56. The van der Waals surface area contributed by atoms with Crippen molar-refractivity contribution in [3.05, 3.63) is 190 Å². The maximum absolute atomic E-state index is 8.42. The third-order valence-electron chi connectivity index (χ3n) is 9.77. The predicted octanol–water partition coefficient (Wildman–Crippen LogP) is 10.9. The fourth-order valence-corrected chi connectivity index (χ4v) is 8.08. The highest BCUT2D eigenvalue weighted by molar-refractivity contribution is 9.09. The summed E-state index contributed by atoms with van der Waals surface area (Å²) in [6.07, 6.45) is 1.47. The molecule has 6 rings (SSSR count). The molecule has 53 heavy (non-hydrogen) atoms. The van der Waals surface area contributed by atoms with Gasteiger partial charge in [-0.1, -0.05) is 129 Å². The highest BCUT2D eigenvalue weighted by Gasteiger charge is 2.50. The average Bonchev–Trinajstić information content (AvgIpc) is 3.23. The van der Waals surface area contributed by atoms with E-state index < -0.39 is 11.2 Å². The minimum absolute atomic E-state index is 0.735. The maximum Gasteiger partial charge on any atom is 0.146 e. The Kier molecular flexibility index (Phi) is 12.6. The van der Waals surface area contributed by atoms with E-state index >= 15 is 0 Å². The largest absolute Gasteiger partial charge is 0.497 e. The standard InChI is InChI=1S/C46H44Br2O5/c1-49-39-19-15-37(16-20-39)45(35-11-7-5-8-12-35,43-25-23-41(51-3)31-33(43)27-29-47)53-46(36-13-9-6-10-14-36,38-17-21-40(50-2)22-18-38)44-26-24-42(52-4)32-34(44)28-30-48/h5-26,31-32H,27-30H2,1-4H3. The van der Waals surface area contributed by atoms with Crippen LogP contribution in [0.15, 0.2) is 146 Å². The van der Waals surface area contributed by atoms with Crippen molar-refractivity contribution in [3.8, 4) is 23.0 Å². The maximum atomic E-state index is 8.42. The zero-order chi connectivity index (χ0) is 37.3. The first-order chi connectivity index (χ1) is 26.0. The molecule has 0 spiro atoms. The van der Waals surface area contributed by atoms with Crippen LogP contribution < -0.4 is 18.9 Å². The Morgan fingerprint density at radius 1 is 0.396 bits per heavy atom. The molecule has 5 nitrogen and oxygen atoms in total. The monoisotopic (exact) mass is 834 g/mol. The average molecular weight is 837 g/mol. The summed E-state index contributed by atoms with van der Waals surface area (Å²) in [6, 6.07) is 50.1. The zero-order valence-corrected chi connectivity index (χ0v) is 33.7. The van der Waals surface area contributed by atoms with E-state index in [1.54, 1.807) is 28.4 Å². The fourth-order valence-electron chi connectivity index (χ4n) is 7.23. The minimum atomic E-state index is -1.18. The van der Waals surface area contributed by atoms with Gasteiger partial charge in [-0.3, -0.25) is 0 Å². The normalized spacial score (nSPS) is 13.4. The number of alkyl halides is 2. The van der Waals surface area contributed by atoms with Crippen molar-refractivity contribution in [1.82, 2.24) is 0 Å². The van der Waals surface area contributed by atoms with Crippen LogP contribution in [0, 0.1) is 0 Å². The van der Waals surface area contributed by atoms with E-state index in [0.717, 1.165) is 91.0 Å². The van der Waals surface area contributed by atoms with E-state index in [1.807, 2.05) is 48.5 Å². The summed E-state index contributed by atoms with van der Waals surface area (Å²) < 4.78 is 31.4. The molecule has 0 N–H and O–H groups in total. The van der Waals surface area contributed by atoms with Gasteiger partial charge in [-0.25, -0.2) is 0 Å². The molecule has 0 amide bonds. The molecule has 0 radical (unpaired) electrons. The Labute approximate surface area is 330 Å². The van der Waals surface area contributed by atoms with Gasteiger partial charge >= 0.3 is 0 Å². The Morgan fingerprint density at radius 2 is 0.717 bits per heavy atom. The molecular weight excluding hydrogens is 792 g/mol. The van der Waals surface area contributed by atoms with E-state index in [-0.39, 0.29) is 0 Å². The molecule has 0 fully saturated rings. The molecule has 0 saturated heterocycles. The molecule has 2 unspecified atom stereocenters. The van der Waals surface area contributed by atoms with E-state index in [0.29, 0.717) is 0 Å². The van der Waals surface area contributed by atoms with Crippen molar-refractivity contribution in [2.24, 2.45) is 0 Å². The molecule has 0 bridgehead atoms. The number of halogens is 2. The van der Waals surface area contributed by atoms with Gasteiger partial charge in [0.2, 0.25) is 0 Å². The van der Waals surface area contributed by atoms with Gasteiger partial charge in [-0.05, 0) is 106 Å². The van der Waals surface area contributed by atoms with Gasteiger partial charge in [0.25, 0.3) is 0 Å². The predicted molar refractivity (Wildman–Crippen MR) is 221 cm³/mol. The first-order valence-electron chi connectivity index (χ1n) is 17.5. The van der Waals surface area contributed by atoms with Crippen LogP contribution in [0.25, 0.3) is 0 Å². The third-order valence-corrected chi connectivity index (χ3v) is 10.6. The molecule has 0 saturated carbocycles. The molecule has 272 valence electrons. The summed E-state index contributed by atoms with van der Waals surface area (Å²) in [6.45, 7) is 0. The number of hydrogen-bond donors (Lipinski definition) is 0. The van der Waals surface area contributed by atoms with Crippen LogP contribution in [0.3, 0.4) is 0 Å². The van der Waals surface area contributed by atoms with Crippen LogP contribution in [0.2, 0.25) is 0 Å². The van der Waals surface area contributed by atoms with Gasteiger partial charge in [0.15, 0.2) is 0 Å². The highest BCUT2D eigenvalue weighted by atomic mass is 79.9. The quantitative estimate of drug-likeness (QED) is 0.0718. The van der Waals surface area contributed by atoms with Crippen molar-refractivity contribution >= 4 is 31.9 Å². The minimum Gasteiger partial charge on any atom is -0.497 e. The van der Waals surface area contributed by atoms with Crippen molar-refractivity contribution in [1.29, 1.82) is 0 Å². The summed E-state index contributed by atoms with van der Waals surface area (Å²) in [5, 5.41) is 1.49. The lowest BCUT2D eigenvalue weighted by molar-refractivity contribution is -0.0818. The first-order valence-corrected chi connectivity index (χ1v) is 19.8. The van der Waals surface area contributed by atoms with Crippen molar-refractivity contribution in [2.45, 2.75) is 24.0 Å². The molecular formula is C46H44Br2O5. The number of ether oxygens (including phenoxy) is 5. The topological polar surface area (TPSA) is 46.2 Å². The molecule has 2 atom stereocenters. The Bertz CT molecular complexity index is 1920. The zero-order valence-electron chi connectivity index (χ0n) is 30.5. The second kappa shape index (κ2) is 17.5. The first kappa shape index (κ1) is 38.2. The lowest BCUT2D eigenvalue weighted by Gasteiger charge is -2.47. The van der Waals surface area contributed by atoms with Crippen LogP contribution in [0.5, 0.6) is 23.0 Å². The van der Waals surface area contributed by atoms with E-state index in [1.165, 1.54) is 0 Å². The molecule has 6 aromatic carbocycles. The van der Waals surface area contributed by atoms with Crippen molar-refractivity contribution in [2.75, 3.05) is 39.1 Å². The van der Waals surface area contributed by atoms with Gasteiger partial charge in [-0.15, -0.1) is 0 Å². The second-order valence-electron chi connectivity index (χ2n) is 12.6. The van der Waals surface area contributed by atoms with Crippen LogP contribution in [0.1, 0.15) is 44.5 Å². The van der Waals surface area contributed by atoms with Gasteiger partial charge in [0.1, 0.15) is 34.2 Å². The number of aryl methyl sites for hydroxylation is 2. The van der Waals surface area contributed by atoms with E-state index in [9.17, 15) is 0 Å². The lowest BCUT2D eigenvalue weighted by Crippen LogP contribution is -2.45. The summed E-state index contributed by atoms with van der Waals surface area (Å²) in [5.74, 6) is 3.07. The van der Waals surface area contributed by atoms with Gasteiger partial charge < -0.3 is 23.7 Å². The van der Waals surface area contributed by atoms with Gasteiger partial charge in [0, 0.05) is 10.7 Å². The summed E-state index contributed by atoms with van der Waals surface area (Å²) >= 11 is 7.53. The Balaban J connectivity index is 1.84. The molecule has 6 aromatic rings. The van der Waals surface area contributed by atoms with Crippen LogP contribution in [-0.4, -0.2) is 39.1 Å². The molecule has 0 aliphatic heterocycles. The second-order valence-corrected chi connectivity index (χ2v) is 14.2. The highest BCUT2D eigenvalue weighted by Crippen LogP contribution is 2.53. The van der Waals surface area contributed by atoms with E-state index in [2.05, 4.69) is 129 Å². The number of hydrogen-bond acceptors (Lipinski definition) is 5. The van der Waals surface area contributed by atoms with Gasteiger partial charge in [-0.2, -0.15) is 0 Å². The van der Waals surface area contributed by atoms with Gasteiger partial charge in [0.05, 0.1) is 28.4 Å². The third kappa shape index (κ3) is 7.61. The number of rotatable bonds is 16. The van der Waals surface area contributed by atoms with Crippen molar-refractivity contribution < 1.29 is 23.7 Å². The van der Waals surface area contributed by atoms with Crippen LogP contribution >= 0.6 is 31.9 Å². The number of benzene rings is 6. The summed E-state index contributed by atoms with van der Waals surface area (Å²) in [7, 11) is 6.78.